The predicted octanol–water partition coefficient (Wildman–Crippen LogP) is 3.94. The summed E-state index contributed by atoms with van der Waals surface area (Å²) in [4.78, 5) is 24.9. The summed E-state index contributed by atoms with van der Waals surface area (Å²) < 4.78 is 6.87. The van der Waals surface area contributed by atoms with Crippen LogP contribution in [0.5, 0.6) is 5.75 Å². The van der Waals surface area contributed by atoms with Gasteiger partial charge in [-0.15, -0.1) is 10.2 Å². The van der Waals surface area contributed by atoms with E-state index in [1.54, 1.807) is 67.3 Å². The van der Waals surface area contributed by atoms with E-state index in [1.165, 1.54) is 11.8 Å². The lowest BCUT2D eigenvalue weighted by atomic mass is 10.1. The Morgan fingerprint density at radius 2 is 1.87 bits per heavy atom. The monoisotopic (exact) mass is 444 g/mol. The summed E-state index contributed by atoms with van der Waals surface area (Å²) >= 11 is 7.38. The van der Waals surface area contributed by atoms with Gasteiger partial charge in [0, 0.05) is 12.6 Å². The molecule has 2 aromatic carbocycles. The highest BCUT2D eigenvalue weighted by Gasteiger charge is 2.20. The molecule has 0 saturated heterocycles. The van der Waals surface area contributed by atoms with Crippen molar-refractivity contribution in [2.45, 2.75) is 18.1 Å². The van der Waals surface area contributed by atoms with Gasteiger partial charge in [-0.1, -0.05) is 35.5 Å². The third-order valence-electron chi connectivity index (χ3n) is 4.47. The molecule has 0 aliphatic rings. The number of hydrogen-bond acceptors (Lipinski definition) is 6. The first-order valence-electron chi connectivity index (χ1n) is 9.15. The lowest BCUT2D eigenvalue weighted by molar-refractivity contribution is 0.0937. The molecule has 30 heavy (non-hydrogen) atoms. The smallest absolute Gasteiger partial charge is 0.253 e. The minimum absolute atomic E-state index is 0.0210. The molecule has 0 radical (unpaired) electrons. The highest BCUT2D eigenvalue weighted by Crippen LogP contribution is 2.22. The second-order valence-corrected chi connectivity index (χ2v) is 7.86. The summed E-state index contributed by atoms with van der Waals surface area (Å²) in [6.45, 7) is 1.82. The topological polar surface area (TPSA) is 86.1 Å². The Kier molecular flexibility index (Phi) is 7.12. The van der Waals surface area contributed by atoms with E-state index in [-0.39, 0.29) is 17.4 Å². The lowest BCUT2D eigenvalue weighted by Gasteiger charge is -2.14. The highest BCUT2D eigenvalue weighted by molar-refractivity contribution is 7.99. The normalized spacial score (nSPS) is 11.7. The Hall–Kier alpha value is -2.84. The number of hydrogen-bond donors (Lipinski definition) is 1. The molecule has 1 atom stereocenters. The van der Waals surface area contributed by atoms with Gasteiger partial charge >= 0.3 is 0 Å². The third-order valence-corrected chi connectivity index (χ3v) is 5.82. The minimum Gasteiger partial charge on any atom is -0.497 e. The summed E-state index contributed by atoms with van der Waals surface area (Å²) in [5.74, 6) is 1.19. The van der Waals surface area contributed by atoms with Crippen molar-refractivity contribution in [3.05, 3.63) is 70.5 Å². The van der Waals surface area contributed by atoms with E-state index in [2.05, 4.69) is 15.5 Å². The number of nitrogens with one attached hydrogen (secondary N) is 1. The number of halogens is 1. The number of carbonyl (C=O) groups is 2. The molecule has 0 bridgehead atoms. The molecule has 0 aliphatic heterocycles. The summed E-state index contributed by atoms with van der Waals surface area (Å²) in [5.41, 5.74) is 0.999. The minimum atomic E-state index is -0.391. The fourth-order valence-electron chi connectivity index (χ4n) is 2.80. The summed E-state index contributed by atoms with van der Waals surface area (Å²) in [5, 5.41) is 12.2. The number of benzene rings is 2. The predicted molar refractivity (Wildman–Crippen MR) is 116 cm³/mol. The highest BCUT2D eigenvalue weighted by atomic mass is 35.5. The second-order valence-electron chi connectivity index (χ2n) is 6.52. The average molecular weight is 445 g/mol. The van der Waals surface area contributed by atoms with Crippen molar-refractivity contribution in [3.8, 4) is 5.75 Å². The molecule has 0 unspecified atom stereocenters. The van der Waals surface area contributed by atoms with Crippen LogP contribution in [-0.2, 0) is 7.05 Å². The molecule has 156 valence electrons. The van der Waals surface area contributed by atoms with Gasteiger partial charge in [-0.2, -0.15) is 0 Å². The average Bonchev–Trinajstić information content (AvgIpc) is 3.12. The van der Waals surface area contributed by atoms with Crippen LogP contribution in [0.15, 0.2) is 53.7 Å². The second kappa shape index (κ2) is 9.77. The molecule has 1 heterocycles. The van der Waals surface area contributed by atoms with Gasteiger partial charge in [0.25, 0.3) is 5.91 Å². The van der Waals surface area contributed by atoms with Crippen LogP contribution in [0.3, 0.4) is 0 Å². The van der Waals surface area contributed by atoms with Crippen LogP contribution < -0.4 is 10.1 Å². The van der Waals surface area contributed by atoms with Crippen molar-refractivity contribution in [1.82, 2.24) is 20.1 Å². The zero-order chi connectivity index (χ0) is 21.7. The molecule has 1 aromatic heterocycles. The number of ketones is 1. The quantitative estimate of drug-likeness (QED) is 0.418. The number of thioether (sulfide) groups is 1. The van der Waals surface area contributed by atoms with E-state index in [4.69, 9.17) is 16.3 Å². The third kappa shape index (κ3) is 5.01. The Labute approximate surface area is 183 Å². The first-order valence-corrected chi connectivity index (χ1v) is 10.5. The maximum absolute atomic E-state index is 12.5. The summed E-state index contributed by atoms with van der Waals surface area (Å²) in [6, 6.07) is 13.4. The molecule has 1 N–H and O–H groups in total. The van der Waals surface area contributed by atoms with E-state index < -0.39 is 6.04 Å². The van der Waals surface area contributed by atoms with Gasteiger partial charge in [0.1, 0.15) is 5.75 Å². The van der Waals surface area contributed by atoms with Gasteiger partial charge < -0.3 is 14.6 Å². The standard InChI is InChI=1S/C21H21ClN4O3S/c1-13(23-20(28)16-6-4-5-7-17(16)22)19-24-25-21(26(19)2)30-12-18(27)14-8-10-15(29-3)11-9-14/h4-11,13H,12H2,1-3H3,(H,23,28)/t13-/m1/s1. The van der Waals surface area contributed by atoms with Gasteiger partial charge in [-0.05, 0) is 43.3 Å². The van der Waals surface area contributed by atoms with Gasteiger partial charge in [-0.3, -0.25) is 9.59 Å². The summed E-state index contributed by atoms with van der Waals surface area (Å²) in [6.07, 6.45) is 0. The van der Waals surface area contributed by atoms with Gasteiger partial charge in [0.05, 0.1) is 29.5 Å². The maximum Gasteiger partial charge on any atom is 0.253 e. The van der Waals surface area contributed by atoms with Crippen LogP contribution in [0.4, 0.5) is 0 Å². The number of ether oxygens (including phenoxy) is 1. The van der Waals surface area contributed by atoms with E-state index in [0.29, 0.717) is 32.9 Å². The number of nitrogens with zero attached hydrogens (tertiary/aromatic N) is 3. The summed E-state index contributed by atoms with van der Waals surface area (Å²) in [7, 11) is 3.38. The van der Waals surface area contributed by atoms with Crippen LogP contribution >= 0.6 is 23.4 Å². The van der Waals surface area contributed by atoms with Crippen molar-refractivity contribution >= 4 is 35.1 Å². The van der Waals surface area contributed by atoms with Crippen molar-refractivity contribution in [1.29, 1.82) is 0 Å². The number of aromatic nitrogens is 3. The molecule has 1 amide bonds. The SMILES string of the molecule is COc1ccc(C(=O)CSc2nnc([C@@H](C)NC(=O)c3ccccc3Cl)n2C)cc1. The molecule has 0 spiro atoms. The fraction of sp³-hybridized carbons (Fsp3) is 0.238. The zero-order valence-electron chi connectivity index (χ0n) is 16.8. The van der Waals surface area contributed by atoms with Crippen LogP contribution in [0.2, 0.25) is 5.02 Å². The number of rotatable bonds is 8. The van der Waals surface area contributed by atoms with E-state index in [9.17, 15) is 9.59 Å². The number of carbonyl (C=O) groups excluding carboxylic acids is 2. The Bertz CT molecular complexity index is 1050. The molecular weight excluding hydrogens is 424 g/mol. The number of amides is 1. The molecular formula is C21H21ClN4O3S. The van der Waals surface area contributed by atoms with Crippen LogP contribution in [-0.4, -0.2) is 39.3 Å². The molecule has 0 aliphatic carbocycles. The fourth-order valence-corrected chi connectivity index (χ4v) is 3.84. The van der Waals surface area contributed by atoms with Gasteiger partial charge in [0.15, 0.2) is 16.8 Å². The molecule has 3 rings (SSSR count). The van der Waals surface area contributed by atoms with E-state index in [0.717, 1.165) is 0 Å². The van der Waals surface area contributed by atoms with Crippen molar-refractivity contribution in [2.75, 3.05) is 12.9 Å². The zero-order valence-corrected chi connectivity index (χ0v) is 18.3. The molecule has 3 aromatic rings. The molecule has 9 heteroatoms. The van der Waals surface area contributed by atoms with Crippen molar-refractivity contribution in [3.63, 3.8) is 0 Å². The van der Waals surface area contributed by atoms with Crippen LogP contribution in [0.1, 0.15) is 39.5 Å². The molecule has 0 saturated carbocycles. The molecule has 7 nitrogen and oxygen atoms in total. The number of Topliss-reactive ketones (excluding diaryl/α,β-unsaturated/α-hetero) is 1. The van der Waals surface area contributed by atoms with Crippen LogP contribution in [0, 0.1) is 0 Å². The van der Waals surface area contributed by atoms with Crippen molar-refractivity contribution in [2.24, 2.45) is 7.05 Å². The van der Waals surface area contributed by atoms with Gasteiger partial charge in [0.2, 0.25) is 0 Å². The Morgan fingerprint density at radius 3 is 2.53 bits per heavy atom. The van der Waals surface area contributed by atoms with Crippen molar-refractivity contribution < 1.29 is 14.3 Å². The van der Waals surface area contributed by atoms with Crippen LogP contribution in [0.25, 0.3) is 0 Å². The maximum atomic E-state index is 12.5. The molecule has 0 fully saturated rings. The number of methoxy groups -OCH3 is 1. The Morgan fingerprint density at radius 1 is 1.17 bits per heavy atom. The van der Waals surface area contributed by atoms with E-state index >= 15 is 0 Å². The van der Waals surface area contributed by atoms with Gasteiger partial charge in [-0.25, -0.2) is 0 Å². The first-order chi connectivity index (χ1) is 14.4. The lowest BCUT2D eigenvalue weighted by Crippen LogP contribution is -2.28. The largest absolute Gasteiger partial charge is 0.497 e. The Balaban J connectivity index is 1.62. The first kappa shape index (κ1) is 21.9. The van der Waals surface area contributed by atoms with E-state index in [1.807, 2.05) is 6.92 Å².